The van der Waals surface area contributed by atoms with Crippen molar-refractivity contribution in [1.82, 2.24) is 4.90 Å². The molecular weight excluding hydrogens is 472 g/mol. The Morgan fingerprint density at radius 2 is 1.68 bits per heavy atom. The molecule has 0 aromatic carbocycles. The number of methoxy groups -OCH3 is 1. The summed E-state index contributed by atoms with van der Waals surface area (Å²) in [4.78, 5) is 2.82. The molecule has 0 aromatic rings. The summed E-state index contributed by atoms with van der Waals surface area (Å²) in [5.74, 6) is 1.09. The number of aliphatic hydroxyl groups is 2. The van der Waals surface area contributed by atoms with Crippen LogP contribution < -0.4 is 0 Å². The van der Waals surface area contributed by atoms with Gasteiger partial charge in [0.15, 0.2) is 5.54 Å². The molecule has 3 spiro atoms. The SMILES string of the molecule is CO[C@@H]1[C@@]23CCCCCCCCCCN4CC[C@@H]5[C@@H](C2)C[N+]12CCC/C=C\C/C=C\C=C\[C@H](O)[C@@H](O)[C@@]52[C@@H]43. The highest BCUT2D eigenvalue weighted by molar-refractivity contribution is 5.28. The van der Waals surface area contributed by atoms with Crippen LogP contribution in [-0.4, -0.2) is 82.9 Å². The van der Waals surface area contributed by atoms with Crippen molar-refractivity contribution >= 4 is 0 Å². The maximum atomic E-state index is 12.5. The Morgan fingerprint density at radius 3 is 2.50 bits per heavy atom. The molecule has 7 aliphatic rings. The number of hydrogen-bond donors (Lipinski definition) is 2. The molecule has 5 nitrogen and oxygen atoms in total. The second-order valence-electron chi connectivity index (χ2n) is 13.6. The van der Waals surface area contributed by atoms with Gasteiger partial charge in [-0.3, -0.25) is 9.38 Å². The van der Waals surface area contributed by atoms with Crippen LogP contribution >= 0.6 is 0 Å². The van der Waals surface area contributed by atoms with Gasteiger partial charge in [0.05, 0.1) is 24.5 Å². The topological polar surface area (TPSA) is 52.9 Å². The zero-order chi connectivity index (χ0) is 26.2. The smallest absolute Gasteiger partial charge is 0.200 e. The molecule has 0 radical (unpaired) electrons. The third-order valence-electron chi connectivity index (χ3n) is 11.9. The van der Waals surface area contributed by atoms with Gasteiger partial charge >= 0.3 is 0 Å². The van der Waals surface area contributed by atoms with E-state index in [0.717, 1.165) is 56.3 Å². The third-order valence-corrected chi connectivity index (χ3v) is 11.9. The molecule has 7 rings (SSSR count). The highest BCUT2D eigenvalue weighted by atomic mass is 16.5. The molecule has 5 heteroatoms. The van der Waals surface area contributed by atoms with Gasteiger partial charge in [0, 0.05) is 25.4 Å². The standard InChI is InChI=1S/C33H53N2O3/c1-38-31-32-20-15-11-7-3-4-8-12-16-21-34-22-19-27-26(24-32)25-35(31)23-17-13-9-5-2-6-10-14-18-28(36)29(37)33(27,35)30(32)34/h5-6,9-10,14,18,26-31,36-37H,2-4,7-8,11-13,15-17,19-25H2,1H3/q+1/b9-5-,10-6-,18-14+/t26-,27+,28-,29+,30-,31+,32-,33+,35?/m0/s1. The summed E-state index contributed by atoms with van der Waals surface area (Å²) in [6.07, 6.45) is 28.4. The van der Waals surface area contributed by atoms with E-state index in [4.69, 9.17) is 4.74 Å². The Kier molecular flexibility index (Phi) is 7.96. The van der Waals surface area contributed by atoms with Crippen molar-refractivity contribution in [2.75, 3.05) is 33.3 Å². The summed E-state index contributed by atoms with van der Waals surface area (Å²) in [5.41, 5.74) is -0.292. The van der Waals surface area contributed by atoms with Gasteiger partial charge < -0.3 is 14.9 Å². The third kappa shape index (κ3) is 3.97. The predicted molar refractivity (Wildman–Crippen MR) is 152 cm³/mol. The van der Waals surface area contributed by atoms with Gasteiger partial charge in [-0.2, -0.15) is 0 Å². The van der Waals surface area contributed by atoms with Gasteiger partial charge in [-0.1, -0.05) is 81.4 Å². The number of allylic oxidation sites excluding steroid dienone is 5. The van der Waals surface area contributed by atoms with Crippen LogP contribution in [0.4, 0.5) is 0 Å². The van der Waals surface area contributed by atoms with Crippen LogP contribution in [0.25, 0.3) is 0 Å². The van der Waals surface area contributed by atoms with Crippen molar-refractivity contribution < 1.29 is 19.4 Å². The number of ether oxygens (including phenoxy) is 1. The minimum absolute atomic E-state index is 0.0662. The van der Waals surface area contributed by atoms with Gasteiger partial charge in [0.2, 0.25) is 6.23 Å². The van der Waals surface area contributed by atoms with Crippen LogP contribution in [0.3, 0.4) is 0 Å². The van der Waals surface area contributed by atoms with Crippen LogP contribution in [0.5, 0.6) is 0 Å². The van der Waals surface area contributed by atoms with E-state index in [1.54, 1.807) is 0 Å². The minimum Gasteiger partial charge on any atom is -0.386 e. The lowest BCUT2D eigenvalue weighted by Gasteiger charge is -2.58. The first-order valence-corrected chi connectivity index (χ1v) is 16.1. The van der Waals surface area contributed by atoms with Crippen molar-refractivity contribution in [2.45, 2.75) is 120 Å². The fraction of sp³-hybridized carbons (Fsp3) is 0.818. The Morgan fingerprint density at radius 1 is 0.895 bits per heavy atom. The molecule has 6 fully saturated rings. The average molecular weight is 526 g/mol. The van der Waals surface area contributed by atoms with Crippen molar-refractivity contribution in [1.29, 1.82) is 0 Å². The summed E-state index contributed by atoms with van der Waals surface area (Å²) in [6, 6.07) is 0.287. The normalized spacial score (nSPS) is 50.6. The van der Waals surface area contributed by atoms with Crippen molar-refractivity contribution in [3.63, 3.8) is 0 Å². The van der Waals surface area contributed by atoms with E-state index in [2.05, 4.69) is 23.1 Å². The predicted octanol–water partition coefficient (Wildman–Crippen LogP) is 5.34. The molecule has 1 aliphatic carbocycles. The fourth-order valence-corrected chi connectivity index (χ4v) is 11.1. The number of rotatable bonds is 1. The first-order valence-electron chi connectivity index (χ1n) is 16.1. The molecular formula is C33H53N2O3+. The molecule has 9 atom stereocenters. The molecule has 5 saturated heterocycles. The molecule has 1 unspecified atom stereocenters. The molecule has 38 heavy (non-hydrogen) atoms. The maximum absolute atomic E-state index is 12.5. The summed E-state index contributed by atoms with van der Waals surface area (Å²) < 4.78 is 7.61. The summed E-state index contributed by atoms with van der Waals surface area (Å²) >= 11 is 0. The van der Waals surface area contributed by atoms with Gasteiger partial charge in [-0.05, 0) is 51.6 Å². The summed E-state index contributed by atoms with van der Waals surface area (Å²) in [7, 11) is 1.96. The molecule has 6 aliphatic heterocycles. The van der Waals surface area contributed by atoms with Crippen LogP contribution in [-0.2, 0) is 4.74 Å². The average Bonchev–Trinajstić information content (AvgIpc) is 3.22. The van der Waals surface area contributed by atoms with E-state index in [9.17, 15) is 10.2 Å². The zero-order valence-corrected chi connectivity index (χ0v) is 23.9. The monoisotopic (exact) mass is 525 g/mol. The van der Waals surface area contributed by atoms with Gasteiger partial charge in [0.1, 0.15) is 12.2 Å². The number of quaternary nitrogens is 1. The number of hydrogen-bond acceptors (Lipinski definition) is 4. The van der Waals surface area contributed by atoms with Crippen LogP contribution in [0.2, 0.25) is 0 Å². The van der Waals surface area contributed by atoms with Gasteiger partial charge in [-0.15, -0.1) is 0 Å². The second-order valence-corrected chi connectivity index (χ2v) is 13.6. The van der Waals surface area contributed by atoms with Crippen LogP contribution in [0.15, 0.2) is 36.5 Å². The lowest BCUT2D eigenvalue weighted by molar-refractivity contribution is -1.00. The van der Waals surface area contributed by atoms with Crippen LogP contribution in [0, 0.1) is 17.3 Å². The second kappa shape index (κ2) is 11.1. The summed E-state index contributed by atoms with van der Waals surface area (Å²) in [6.45, 7) is 4.44. The van der Waals surface area contributed by atoms with E-state index in [1.807, 2.05) is 25.3 Å². The van der Waals surface area contributed by atoms with Crippen LogP contribution in [0.1, 0.15) is 89.9 Å². The lowest BCUT2D eigenvalue weighted by atomic mass is 9.52. The zero-order valence-electron chi connectivity index (χ0n) is 23.9. The van der Waals surface area contributed by atoms with Gasteiger partial charge in [-0.25, -0.2) is 0 Å². The first-order chi connectivity index (χ1) is 18.6. The highest BCUT2D eigenvalue weighted by Crippen LogP contribution is 2.74. The maximum Gasteiger partial charge on any atom is 0.200 e. The fourth-order valence-electron chi connectivity index (χ4n) is 11.1. The van der Waals surface area contributed by atoms with Crippen molar-refractivity contribution in [3.8, 4) is 0 Å². The Bertz CT molecular complexity index is 918. The van der Waals surface area contributed by atoms with E-state index in [-0.39, 0.29) is 23.2 Å². The Labute approximate surface area is 231 Å². The summed E-state index contributed by atoms with van der Waals surface area (Å²) in [5, 5.41) is 24.2. The highest BCUT2D eigenvalue weighted by Gasteiger charge is 2.89. The lowest BCUT2D eigenvalue weighted by Crippen LogP contribution is -2.77. The van der Waals surface area contributed by atoms with E-state index < -0.39 is 12.2 Å². The molecule has 212 valence electrons. The number of nitrogens with zero attached hydrogens (tertiary/aromatic N) is 2. The molecule has 0 amide bonds. The largest absolute Gasteiger partial charge is 0.386 e. The first kappa shape index (κ1) is 27.2. The van der Waals surface area contributed by atoms with Gasteiger partial charge in [0.25, 0.3) is 0 Å². The number of piperidine rings is 2. The molecule has 0 aromatic heterocycles. The van der Waals surface area contributed by atoms with E-state index in [1.165, 1.54) is 64.2 Å². The van der Waals surface area contributed by atoms with Crippen molar-refractivity contribution in [3.05, 3.63) is 36.5 Å². The number of aliphatic hydroxyl groups excluding tert-OH is 2. The quantitative estimate of drug-likeness (QED) is 0.359. The van der Waals surface area contributed by atoms with Crippen molar-refractivity contribution in [2.24, 2.45) is 17.3 Å². The molecule has 2 N–H and O–H groups in total. The molecule has 1 saturated carbocycles. The molecule has 6 bridgehead atoms. The molecule has 6 heterocycles. The van der Waals surface area contributed by atoms with E-state index in [0.29, 0.717) is 11.8 Å². The Balaban J connectivity index is 1.50. The minimum atomic E-state index is -0.854. The van der Waals surface area contributed by atoms with E-state index >= 15 is 0 Å². The Hall–Kier alpha value is -0.980.